The topological polar surface area (TPSA) is 44.9 Å². The quantitative estimate of drug-likeness (QED) is 0.349. The van der Waals surface area contributed by atoms with Crippen molar-refractivity contribution in [2.75, 3.05) is 0 Å². The average molecular weight is 435 g/mol. The van der Waals surface area contributed by atoms with Gasteiger partial charge in [0.15, 0.2) is 0 Å². The zero-order chi connectivity index (χ0) is 21.8. The molecule has 5 heteroatoms. The first kappa shape index (κ1) is 21.1. The molecule has 4 rings (SSSR count). The summed E-state index contributed by atoms with van der Waals surface area (Å²) in [6.45, 7) is 2.50. The van der Waals surface area contributed by atoms with E-state index in [-0.39, 0.29) is 17.6 Å². The molecule has 0 fully saturated rings. The minimum atomic E-state index is -0.288. The van der Waals surface area contributed by atoms with Crippen LogP contribution in [0.15, 0.2) is 72.9 Å². The van der Waals surface area contributed by atoms with Crippen molar-refractivity contribution in [1.29, 1.82) is 0 Å². The molecule has 0 saturated heterocycles. The number of rotatable bonds is 7. The molecule has 1 amide bonds. The molecule has 1 atom stereocenters. The number of carbonyl (C=O) groups is 1. The zero-order valence-corrected chi connectivity index (χ0v) is 18.0. The Kier molecular flexibility index (Phi) is 6.38. The number of hydrogen-bond donors (Lipinski definition) is 2. The highest BCUT2D eigenvalue weighted by atomic mass is 35.5. The Balaban J connectivity index is 1.61. The van der Waals surface area contributed by atoms with Gasteiger partial charge in [-0.2, -0.15) is 0 Å². The van der Waals surface area contributed by atoms with Crippen molar-refractivity contribution in [1.82, 2.24) is 10.3 Å². The maximum Gasteiger partial charge on any atom is 0.221 e. The Morgan fingerprint density at radius 1 is 1.06 bits per heavy atom. The van der Waals surface area contributed by atoms with Gasteiger partial charge >= 0.3 is 0 Å². The van der Waals surface area contributed by atoms with Crippen molar-refractivity contribution in [3.8, 4) is 0 Å². The van der Waals surface area contributed by atoms with Gasteiger partial charge in [0.25, 0.3) is 0 Å². The molecule has 4 aromatic rings. The number of para-hydroxylation sites is 1. The molecular formula is C26H24ClFN2O. The molecule has 2 N–H and O–H groups in total. The minimum Gasteiger partial charge on any atom is -0.361 e. The normalized spacial score (nSPS) is 12.1. The van der Waals surface area contributed by atoms with Crippen LogP contribution in [0.3, 0.4) is 0 Å². The second-order valence-corrected chi connectivity index (χ2v) is 8.09. The molecule has 0 aliphatic rings. The first-order valence-corrected chi connectivity index (χ1v) is 10.8. The molecule has 1 aromatic heterocycles. The van der Waals surface area contributed by atoms with Crippen LogP contribution in [-0.2, 0) is 17.8 Å². The van der Waals surface area contributed by atoms with E-state index in [1.165, 1.54) is 17.7 Å². The van der Waals surface area contributed by atoms with Crippen molar-refractivity contribution >= 4 is 28.4 Å². The first-order valence-electron chi connectivity index (χ1n) is 10.4. The Bertz CT molecular complexity index is 1180. The highest BCUT2D eigenvalue weighted by Gasteiger charge is 2.22. The van der Waals surface area contributed by atoms with Gasteiger partial charge in [0.1, 0.15) is 5.82 Å². The van der Waals surface area contributed by atoms with E-state index < -0.39 is 0 Å². The number of nitrogens with one attached hydrogen (secondary N) is 2. The summed E-state index contributed by atoms with van der Waals surface area (Å²) in [4.78, 5) is 16.3. The third-order valence-corrected chi connectivity index (χ3v) is 5.91. The summed E-state index contributed by atoms with van der Waals surface area (Å²) in [6.07, 6.45) is 3.24. The van der Waals surface area contributed by atoms with Gasteiger partial charge < -0.3 is 10.3 Å². The molecular weight excluding hydrogens is 411 g/mol. The highest BCUT2D eigenvalue weighted by Crippen LogP contribution is 2.35. The summed E-state index contributed by atoms with van der Waals surface area (Å²) >= 11 is 6.10. The van der Waals surface area contributed by atoms with Crippen molar-refractivity contribution in [3.05, 3.63) is 106 Å². The van der Waals surface area contributed by atoms with E-state index in [2.05, 4.69) is 35.4 Å². The minimum absolute atomic E-state index is 0.0646. The maximum absolute atomic E-state index is 13.1. The van der Waals surface area contributed by atoms with E-state index in [9.17, 15) is 9.18 Å². The summed E-state index contributed by atoms with van der Waals surface area (Å²) in [7, 11) is 0. The van der Waals surface area contributed by atoms with Crippen LogP contribution in [0.4, 0.5) is 4.39 Å². The van der Waals surface area contributed by atoms with Gasteiger partial charge in [-0.1, -0.05) is 61.0 Å². The van der Waals surface area contributed by atoms with Gasteiger partial charge in [-0.25, -0.2) is 4.39 Å². The number of H-pyrrole nitrogens is 1. The molecule has 0 radical (unpaired) electrons. The van der Waals surface area contributed by atoms with Crippen LogP contribution < -0.4 is 5.32 Å². The number of benzene rings is 3. The average Bonchev–Trinajstić information content (AvgIpc) is 3.22. The molecule has 31 heavy (non-hydrogen) atoms. The van der Waals surface area contributed by atoms with E-state index in [4.69, 9.17) is 11.6 Å². The lowest BCUT2D eigenvalue weighted by Crippen LogP contribution is -2.25. The van der Waals surface area contributed by atoms with Crippen LogP contribution in [0.1, 0.15) is 41.5 Å². The Morgan fingerprint density at radius 2 is 1.81 bits per heavy atom. The fourth-order valence-corrected chi connectivity index (χ4v) is 4.11. The van der Waals surface area contributed by atoms with Crippen LogP contribution in [0.25, 0.3) is 10.9 Å². The third-order valence-electron chi connectivity index (χ3n) is 5.65. The molecule has 1 unspecified atom stereocenters. The van der Waals surface area contributed by atoms with E-state index in [1.807, 2.05) is 30.5 Å². The number of halogens is 2. The van der Waals surface area contributed by atoms with Crippen molar-refractivity contribution in [2.24, 2.45) is 0 Å². The molecule has 0 bridgehead atoms. The van der Waals surface area contributed by atoms with E-state index in [1.54, 1.807) is 12.1 Å². The fraction of sp³-hybridized carbons (Fsp3) is 0.192. The smallest absolute Gasteiger partial charge is 0.221 e. The van der Waals surface area contributed by atoms with E-state index in [0.717, 1.165) is 34.0 Å². The summed E-state index contributed by atoms with van der Waals surface area (Å²) in [5, 5.41) is 4.76. The van der Waals surface area contributed by atoms with Crippen LogP contribution in [0.2, 0.25) is 5.02 Å². The van der Waals surface area contributed by atoms with E-state index in [0.29, 0.717) is 18.0 Å². The Morgan fingerprint density at radius 3 is 2.52 bits per heavy atom. The number of hydrogen-bond acceptors (Lipinski definition) is 1. The summed E-state index contributed by atoms with van der Waals surface area (Å²) in [6, 6.07) is 20.1. The molecule has 0 aliphatic carbocycles. The van der Waals surface area contributed by atoms with Crippen LogP contribution in [0.5, 0.6) is 0 Å². The number of aromatic nitrogens is 1. The molecule has 3 nitrogen and oxygen atoms in total. The van der Waals surface area contributed by atoms with Gasteiger partial charge in [-0.15, -0.1) is 0 Å². The fourth-order valence-electron chi connectivity index (χ4n) is 3.98. The van der Waals surface area contributed by atoms with Crippen LogP contribution in [0, 0.1) is 5.82 Å². The second kappa shape index (κ2) is 9.36. The van der Waals surface area contributed by atoms with Gasteiger partial charge in [0.2, 0.25) is 5.91 Å². The lowest BCUT2D eigenvalue weighted by Gasteiger charge is -2.18. The van der Waals surface area contributed by atoms with Crippen molar-refractivity contribution in [3.63, 3.8) is 0 Å². The van der Waals surface area contributed by atoms with Gasteiger partial charge in [0.05, 0.1) is 0 Å². The van der Waals surface area contributed by atoms with Gasteiger partial charge in [-0.3, -0.25) is 4.79 Å². The number of amides is 1. The number of aryl methyl sites for hydroxylation is 1. The largest absolute Gasteiger partial charge is 0.361 e. The van der Waals surface area contributed by atoms with Crippen LogP contribution in [-0.4, -0.2) is 10.9 Å². The maximum atomic E-state index is 13.1. The Labute approximate surface area is 186 Å². The molecule has 0 spiro atoms. The van der Waals surface area contributed by atoms with Crippen molar-refractivity contribution in [2.45, 2.75) is 32.2 Å². The second-order valence-electron chi connectivity index (χ2n) is 7.65. The lowest BCUT2D eigenvalue weighted by atomic mass is 9.87. The first-order chi connectivity index (χ1) is 15.0. The zero-order valence-electron chi connectivity index (χ0n) is 17.3. The predicted molar refractivity (Wildman–Crippen MR) is 124 cm³/mol. The monoisotopic (exact) mass is 434 g/mol. The number of aromatic amines is 1. The van der Waals surface area contributed by atoms with Gasteiger partial charge in [0, 0.05) is 41.0 Å². The summed E-state index contributed by atoms with van der Waals surface area (Å²) < 4.78 is 13.1. The van der Waals surface area contributed by atoms with Gasteiger partial charge in [-0.05, 0) is 52.9 Å². The highest BCUT2D eigenvalue weighted by molar-refractivity contribution is 6.30. The molecule has 158 valence electrons. The molecule has 3 aromatic carbocycles. The Hall–Kier alpha value is -3.11. The number of fused-ring (bicyclic) bond motifs is 1. The number of carbonyl (C=O) groups excluding carboxylic acids is 1. The third kappa shape index (κ3) is 4.80. The van der Waals surface area contributed by atoms with Crippen molar-refractivity contribution < 1.29 is 9.18 Å². The summed E-state index contributed by atoms with van der Waals surface area (Å²) in [5.74, 6) is -0.472. The molecule has 1 heterocycles. The predicted octanol–water partition coefficient (Wildman–Crippen LogP) is 6.36. The molecule has 0 saturated carbocycles. The van der Waals surface area contributed by atoms with E-state index >= 15 is 0 Å². The summed E-state index contributed by atoms with van der Waals surface area (Å²) in [5.41, 5.74) is 5.34. The molecule has 0 aliphatic heterocycles. The van der Waals surface area contributed by atoms with Crippen LogP contribution >= 0.6 is 11.6 Å². The lowest BCUT2D eigenvalue weighted by molar-refractivity contribution is -0.121. The SMILES string of the molecule is CCc1cccc2c(C(CC(=O)NCc3ccc(F)cc3)c3ccc(Cl)cc3)c[nH]c12. The standard InChI is InChI=1S/C26H24ClFN2O/c1-2-18-4-3-5-22-24(16-30-26(18)22)23(19-8-10-20(27)11-9-19)14-25(31)29-15-17-6-12-21(28)13-7-17/h3-13,16,23,30H,2,14-15H2,1H3,(H,29,31).